The molecule has 0 bridgehead atoms. The van der Waals surface area contributed by atoms with E-state index in [-0.39, 0.29) is 17.9 Å². The second kappa shape index (κ2) is 11.0. The Morgan fingerprint density at radius 3 is 2.31 bits per heavy atom. The number of aliphatic hydroxyl groups excluding tert-OH is 6. The molecule has 1 saturated heterocycles. The van der Waals surface area contributed by atoms with Crippen LogP contribution in [0.5, 0.6) is 5.75 Å². The number of ether oxygens (including phenoxy) is 4. The van der Waals surface area contributed by atoms with Crippen LogP contribution in [0.3, 0.4) is 0 Å². The first-order valence-corrected chi connectivity index (χ1v) is 11.8. The van der Waals surface area contributed by atoms with E-state index in [4.69, 9.17) is 18.9 Å². The Morgan fingerprint density at radius 2 is 1.64 bits per heavy atom. The second-order valence-corrected chi connectivity index (χ2v) is 9.41. The van der Waals surface area contributed by atoms with Crippen molar-refractivity contribution in [3.63, 3.8) is 0 Å². The highest BCUT2D eigenvalue weighted by molar-refractivity contribution is 5.89. The molecule has 3 aliphatic rings. The van der Waals surface area contributed by atoms with Gasteiger partial charge in [-0.1, -0.05) is 19.1 Å². The van der Waals surface area contributed by atoms with Crippen LogP contribution in [0.1, 0.15) is 12.5 Å². The van der Waals surface area contributed by atoms with Gasteiger partial charge in [-0.2, -0.15) is 0 Å². The number of aliphatic hydroxyl groups is 6. The van der Waals surface area contributed by atoms with Crippen LogP contribution in [0.15, 0.2) is 36.1 Å². The summed E-state index contributed by atoms with van der Waals surface area (Å²) in [5, 5.41) is 70.3. The third kappa shape index (κ3) is 5.08. The minimum Gasteiger partial charge on any atom is -0.508 e. The molecule has 2 heterocycles. The third-order valence-corrected chi connectivity index (χ3v) is 7.19. The normalized spacial score (nSPS) is 40.2. The SMILES string of the molecule is C[C@H]1[C@@H](O)[C@@H](O)[C@H]2C(C(=O)OCCc3ccc(O)cc3)=CO[C@H](O[C@H]3O[C@H](CO)[C@@H](O)[C@H](O)[C@H]3O)[C@@H]12. The van der Waals surface area contributed by atoms with E-state index in [1.165, 1.54) is 12.1 Å². The van der Waals surface area contributed by atoms with Crippen LogP contribution in [0.2, 0.25) is 0 Å². The van der Waals surface area contributed by atoms with Crippen molar-refractivity contribution < 1.29 is 59.5 Å². The fourth-order valence-corrected chi connectivity index (χ4v) is 5.05. The molecule has 2 fully saturated rings. The molecule has 2 aliphatic heterocycles. The van der Waals surface area contributed by atoms with E-state index in [9.17, 15) is 40.5 Å². The molecule has 200 valence electrons. The Kier molecular flexibility index (Phi) is 8.17. The summed E-state index contributed by atoms with van der Waals surface area (Å²) in [5.74, 6) is -2.90. The summed E-state index contributed by atoms with van der Waals surface area (Å²) in [6, 6.07) is 6.43. The van der Waals surface area contributed by atoms with Gasteiger partial charge in [0.25, 0.3) is 0 Å². The lowest BCUT2D eigenvalue weighted by atomic mass is 9.82. The van der Waals surface area contributed by atoms with E-state index in [0.29, 0.717) is 6.42 Å². The van der Waals surface area contributed by atoms with Crippen molar-refractivity contribution in [1.82, 2.24) is 0 Å². The molecule has 1 aromatic carbocycles. The van der Waals surface area contributed by atoms with Gasteiger partial charge in [-0.05, 0) is 23.6 Å². The quantitative estimate of drug-likeness (QED) is 0.202. The van der Waals surface area contributed by atoms with Gasteiger partial charge < -0.3 is 54.7 Å². The minimum absolute atomic E-state index is 0.00950. The predicted molar refractivity (Wildman–Crippen MR) is 119 cm³/mol. The molecule has 7 N–H and O–H groups in total. The molecule has 0 amide bonds. The van der Waals surface area contributed by atoms with E-state index < -0.39 is 79.5 Å². The molecule has 12 nitrogen and oxygen atoms in total. The van der Waals surface area contributed by atoms with Crippen molar-refractivity contribution in [2.45, 2.75) is 62.5 Å². The number of rotatable bonds is 7. The molecule has 4 rings (SSSR count). The van der Waals surface area contributed by atoms with E-state index >= 15 is 0 Å². The molecule has 1 saturated carbocycles. The fraction of sp³-hybridized carbons (Fsp3) is 0.625. The molecule has 0 aromatic heterocycles. The topological polar surface area (TPSA) is 196 Å². The monoisotopic (exact) mass is 512 g/mol. The van der Waals surface area contributed by atoms with Crippen LogP contribution in [-0.2, 0) is 30.2 Å². The summed E-state index contributed by atoms with van der Waals surface area (Å²) >= 11 is 0. The van der Waals surface area contributed by atoms with E-state index in [0.717, 1.165) is 11.8 Å². The zero-order valence-corrected chi connectivity index (χ0v) is 19.5. The first kappa shape index (κ1) is 26.8. The van der Waals surface area contributed by atoms with Gasteiger partial charge in [0.2, 0.25) is 6.29 Å². The number of hydrogen-bond donors (Lipinski definition) is 7. The van der Waals surface area contributed by atoms with Crippen molar-refractivity contribution in [3.8, 4) is 5.75 Å². The fourth-order valence-electron chi connectivity index (χ4n) is 5.05. The number of esters is 1. The number of phenolic OH excluding ortho intramolecular Hbond substituents is 1. The molecular weight excluding hydrogens is 480 g/mol. The summed E-state index contributed by atoms with van der Waals surface area (Å²) < 4.78 is 22.1. The standard InChI is InChI=1S/C24H32O12/c1-10-15-16(19(29)17(10)27)13(22(32)33-7-6-11-2-4-12(26)5-3-11)9-34-23(15)36-24-21(31)20(30)18(28)14(8-25)35-24/h2-5,9-10,14-21,23-31H,6-8H2,1H3/t10-,14-,15+,16+,17-,18-,19+,20+,21-,23-,24-/m1/s1. The van der Waals surface area contributed by atoms with Crippen LogP contribution in [-0.4, -0.2) is 104 Å². The number of carbonyl (C=O) groups excluding carboxylic acids is 1. The van der Waals surface area contributed by atoms with Gasteiger partial charge in [0, 0.05) is 18.3 Å². The highest BCUT2D eigenvalue weighted by atomic mass is 16.8. The van der Waals surface area contributed by atoms with Crippen LogP contribution in [0, 0.1) is 17.8 Å². The molecule has 12 heteroatoms. The number of fused-ring (bicyclic) bond motifs is 1. The summed E-state index contributed by atoms with van der Waals surface area (Å²) in [7, 11) is 0. The van der Waals surface area contributed by atoms with Crippen molar-refractivity contribution in [2.24, 2.45) is 17.8 Å². The summed E-state index contributed by atoms with van der Waals surface area (Å²) in [5.41, 5.74) is 0.848. The van der Waals surface area contributed by atoms with Gasteiger partial charge >= 0.3 is 5.97 Å². The number of aromatic hydroxyl groups is 1. The highest BCUT2D eigenvalue weighted by Crippen LogP contribution is 2.47. The average molecular weight is 513 g/mol. The van der Waals surface area contributed by atoms with Crippen molar-refractivity contribution in [3.05, 3.63) is 41.7 Å². The third-order valence-electron chi connectivity index (χ3n) is 7.19. The number of benzene rings is 1. The van der Waals surface area contributed by atoms with E-state index in [1.807, 2.05) is 0 Å². The molecule has 11 atom stereocenters. The molecule has 0 unspecified atom stereocenters. The maximum atomic E-state index is 12.9. The zero-order chi connectivity index (χ0) is 26.1. The number of phenols is 1. The van der Waals surface area contributed by atoms with Crippen molar-refractivity contribution in [1.29, 1.82) is 0 Å². The Labute approximate surface area is 206 Å². The maximum absolute atomic E-state index is 12.9. The Morgan fingerprint density at radius 1 is 0.944 bits per heavy atom. The summed E-state index contributed by atoms with van der Waals surface area (Å²) in [6.07, 6.45) is -9.88. The molecule has 1 aromatic rings. The van der Waals surface area contributed by atoms with Gasteiger partial charge in [0.1, 0.15) is 30.2 Å². The molecular formula is C24H32O12. The molecule has 36 heavy (non-hydrogen) atoms. The predicted octanol–water partition coefficient (Wildman–Crippen LogP) is -1.86. The average Bonchev–Trinajstić information content (AvgIpc) is 3.10. The van der Waals surface area contributed by atoms with Crippen molar-refractivity contribution in [2.75, 3.05) is 13.2 Å². The lowest BCUT2D eigenvalue weighted by molar-refractivity contribution is -0.343. The van der Waals surface area contributed by atoms with Gasteiger partial charge in [0.05, 0.1) is 37.3 Å². The summed E-state index contributed by atoms with van der Waals surface area (Å²) in [4.78, 5) is 12.9. The molecule has 0 radical (unpaired) electrons. The lowest BCUT2D eigenvalue weighted by Crippen LogP contribution is -2.60. The van der Waals surface area contributed by atoms with Gasteiger partial charge in [-0.15, -0.1) is 0 Å². The number of carbonyl (C=O) groups is 1. The Balaban J connectivity index is 1.47. The minimum atomic E-state index is -1.67. The van der Waals surface area contributed by atoms with E-state index in [2.05, 4.69) is 0 Å². The lowest BCUT2D eigenvalue weighted by Gasteiger charge is -2.43. The first-order chi connectivity index (χ1) is 17.1. The van der Waals surface area contributed by atoms with Gasteiger partial charge in [-0.3, -0.25) is 0 Å². The summed E-state index contributed by atoms with van der Waals surface area (Å²) in [6.45, 7) is 1.03. The second-order valence-electron chi connectivity index (χ2n) is 9.41. The Hall–Kier alpha value is -2.29. The van der Waals surface area contributed by atoms with Crippen LogP contribution in [0.25, 0.3) is 0 Å². The molecule has 0 spiro atoms. The Bertz CT molecular complexity index is 934. The molecule has 1 aliphatic carbocycles. The van der Waals surface area contributed by atoms with Gasteiger partial charge in [0.15, 0.2) is 6.29 Å². The van der Waals surface area contributed by atoms with E-state index in [1.54, 1.807) is 19.1 Å². The zero-order valence-electron chi connectivity index (χ0n) is 19.5. The van der Waals surface area contributed by atoms with Crippen molar-refractivity contribution >= 4 is 5.97 Å². The maximum Gasteiger partial charge on any atom is 0.337 e. The van der Waals surface area contributed by atoms with Crippen LogP contribution < -0.4 is 0 Å². The largest absolute Gasteiger partial charge is 0.508 e. The van der Waals surface area contributed by atoms with Crippen LogP contribution in [0.4, 0.5) is 0 Å². The highest BCUT2D eigenvalue weighted by Gasteiger charge is 2.57. The van der Waals surface area contributed by atoms with Gasteiger partial charge in [-0.25, -0.2) is 4.79 Å². The number of hydrogen-bond acceptors (Lipinski definition) is 12. The van der Waals surface area contributed by atoms with Crippen LogP contribution >= 0.6 is 0 Å². The smallest absolute Gasteiger partial charge is 0.337 e. The first-order valence-electron chi connectivity index (χ1n) is 11.8.